The minimum absolute atomic E-state index is 0.151. The lowest BCUT2D eigenvalue weighted by atomic mass is 9.89. The highest BCUT2D eigenvalue weighted by molar-refractivity contribution is 6.33. The van der Waals surface area contributed by atoms with Crippen LogP contribution in [0.3, 0.4) is 0 Å². The minimum Gasteiger partial charge on any atom is -0.444 e. The number of ether oxygens (including phenoxy) is 1. The van der Waals surface area contributed by atoms with Crippen LogP contribution in [0.1, 0.15) is 46.7 Å². The van der Waals surface area contributed by atoms with Crippen molar-refractivity contribution in [1.29, 1.82) is 0 Å². The smallest absolute Gasteiger partial charge is 0.410 e. The van der Waals surface area contributed by atoms with Gasteiger partial charge in [-0.25, -0.2) is 14.6 Å². The number of nitrogens with one attached hydrogen (secondary N) is 2. The first-order chi connectivity index (χ1) is 15.9. The monoisotopic (exact) mass is 488 g/mol. The summed E-state index contributed by atoms with van der Waals surface area (Å²) >= 11 is 6.45. The van der Waals surface area contributed by atoms with Crippen LogP contribution < -0.4 is 10.6 Å². The molecule has 0 radical (unpaired) electrons. The minimum atomic E-state index is -0.523. The van der Waals surface area contributed by atoms with Crippen molar-refractivity contribution in [2.45, 2.75) is 59.6 Å². The summed E-state index contributed by atoms with van der Waals surface area (Å²) in [5.41, 5.74) is 2.54. The lowest BCUT2D eigenvalue weighted by Crippen LogP contribution is -2.37. The Morgan fingerprint density at radius 2 is 2.03 bits per heavy atom. The van der Waals surface area contributed by atoms with E-state index in [9.17, 15) is 9.59 Å². The summed E-state index contributed by atoms with van der Waals surface area (Å²) in [5.74, 6) is 0.585. The quantitative estimate of drug-likeness (QED) is 0.657. The van der Waals surface area contributed by atoms with E-state index >= 15 is 0 Å². The number of hydrogen-bond donors (Lipinski definition) is 2. The second-order valence-electron chi connectivity index (χ2n) is 11.0. The largest absolute Gasteiger partial charge is 0.444 e. The number of halogens is 1. The number of likely N-dealkylation sites (tertiary alicyclic amines) is 1. The molecule has 184 valence electrons. The van der Waals surface area contributed by atoms with E-state index in [1.807, 2.05) is 31.6 Å². The molecule has 2 aliphatic rings. The lowest BCUT2D eigenvalue weighted by Gasteiger charge is -2.24. The van der Waals surface area contributed by atoms with Crippen LogP contribution in [0.2, 0.25) is 5.02 Å². The molecular weight excluding hydrogens is 456 g/mol. The van der Waals surface area contributed by atoms with Crippen molar-refractivity contribution < 1.29 is 14.3 Å². The van der Waals surface area contributed by atoms with Gasteiger partial charge in [-0.3, -0.25) is 10.00 Å². The molecular formula is C24H33ClN6O3. The number of hydrogen-bond acceptors (Lipinski definition) is 5. The number of pyridine rings is 1. The third-order valence-electron chi connectivity index (χ3n) is 6.05. The molecule has 3 amide bonds. The highest BCUT2D eigenvalue weighted by Crippen LogP contribution is 2.39. The van der Waals surface area contributed by atoms with Crippen LogP contribution in [0.25, 0.3) is 11.1 Å². The standard InChI is InChI=1S/C24H33ClN6O3/c1-23(2,3)34-22(33)30-7-6-15(13-30)10-27-21(32)29-20-8-16(18(25)12-26-20)17-11-28-31-14-24(4,5)9-19(17)31/h8,11-12,15H,6-7,9-10,13-14H2,1-5H3,(H2,26,27,29,32)/t15-/m1/s1. The second-order valence-corrected chi connectivity index (χ2v) is 11.4. The number of fused-ring (bicyclic) bond motifs is 1. The van der Waals surface area contributed by atoms with Crippen LogP contribution in [0.4, 0.5) is 15.4 Å². The Hall–Kier alpha value is -2.81. The summed E-state index contributed by atoms with van der Waals surface area (Å²) < 4.78 is 7.45. The van der Waals surface area contributed by atoms with Crippen molar-refractivity contribution in [2.24, 2.45) is 11.3 Å². The number of nitrogens with zero attached hydrogens (tertiary/aromatic N) is 4. The second kappa shape index (κ2) is 9.09. The third kappa shape index (κ3) is 5.63. The van der Waals surface area contributed by atoms with Gasteiger partial charge in [-0.05, 0) is 51.0 Å². The van der Waals surface area contributed by atoms with E-state index in [0.717, 1.165) is 36.2 Å². The maximum Gasteiger partial charge on any atom is 0.410 e. The third-order valence-corrected chi connectivity index (χ3v) is 6.35. The van der Waals surface area contributed by atoms with Gasteiger partial charge in [0, 0.05) is 49.2 Å². The molecule has 0 unspecified atom stereocenters. The highest BCUT2D eigenvalue weighted by Gasteiger charge is 2.32. The highest BCUT2D eigenvalue weighted by atomic mass is 35.5. The number of urea groups is 1. The van der Waals surface area contributed by atoms with E-state index in [1.54, 1.807) is 17.2 Å². The Morgan fingerprint density at radius 3 is 2.76 bits per heavy atom. The average Bonchev–Trinajstić information content (AvgIpc) is 3.41. The first-order valence-electron chi connectivity index (χ1n) is 11.6. The molecule has 9 nitrogen and oxygen atoms in total. The van der Waals surface area contributed by atoms with E-state index in [2.05, 4.69) is 34.6 Å². The number of carbonyl (C=O) groups is 2. The normalized spacial score (nSPS) is 19.1. The van der Waals surface area contributed by atoms with Crippen molar-refractivity contribution in [3.63, 3.8) is 0 Å². The van der Waals surface area contributed by atoms with Gasteiger partial charge in [0.15, 0.2) is 0 Å². The molecule has 34 heavy (non-hydrogen) atoms. The first kappa shape index (κ1) is 24.3. The summed E-state index contributed by atoms with van der Waals surface area (Å²) in [6.45, 7) is 12.5. The lowest BCUT2D eigenvalue weighted by molar-refractivity contribution is 0.0288. The van der Waals surface area contributed by atoms with E-state index in [0.29, 0.717) is 30.5 Å². The molecule has 10 heteroatoms. The SMILES string of the molecule is CC1(C)Cc2c(-c3cc(NC(=O)NC[C@H]4CCN(C(=O)OC(C)(C)C)C4)ncc3Cl)cnn2C1. The Labute approximate surface area is 205 Å². The van der Waals surface area contributed by atoms with Gasteiger partial charge < -0.3 is 15.0 Å². The number of amides is 3. The van der Waals surface area contributed by atoms with Crippen LogP contribution in [0.5, 0.6) is 0 Å². The molecule has 0 spiro atoms. The van der Waals surface area contributed by atoms with E-state index in [4.69, 9.17) is 16.3 Å². The summed E-state index contributed by atoms with van der Waals surface area (Å²) in [5, 5.41) is 10.7. The van der Waals surface area contributed by atoms with Crippen molar-refractivity contribution in [3.05, 3.63) is 29.2 Å². The average molecular weight is 489 g/mol. The molecule has 2 aromatic rings. The summed E-state index contributed by atoms with van der Waals surface area (Å²) in [6, 6.07) is 1.43. The number of anilines is 1. The fraction of sp³-hybridized carbons (Fsp3) is 0.583. The molecule has 2 N–H and O–H groups in total. The fourth-order valence-corrected chi connectivity index (χ4v) is 4.68. The van der Waals surface area contributed by atoms with Crippen LogP contribution in [0.15, 0.2) is 18.5 Å². The maximum atomic E-state index is 12.5. The van der Waals surface area contributed by atoms with Crippen molar-refractivity contribution in [2.75, 3.05) is 25.0 Å². The zero-order valence-electron chi connectivity index (χ0n) is 20.4. The number of rotatable bonds is 4. The van der Waals surface area contributed by atoms with Gasteiger partial charge in [0.2, 0.25) is 0 Å². The Bertz CT molecular complexity index is 1090. The Balaban J connectivity index is 1.33. The molecule has 4 rings (SSSR count). The number of carbonyl (C=O) groups excluding carboxylic acids is 2. The molecule has 1 saturated heterocycles. The molecule has 4 heterocycles. The summed E-state index contributed by atoms with van der Waals surface area (Å²) in [6.07, 6.45) is 4.78. The van der Waals surface area contributed by atoms with Gasteiger partial charge in [0.05, 0.1) is 11.2 Å². The van der Waals surface area contributed by atoms with E-state index in [-0.39, 0.29) is 23.5 Å². The molecule has 0 aliphatic carbocycles. The Kier molecular flexibility index (Phi) is 6.50. The zero-order valence-corrected chi connectivity index (χ0v) is 21.2. The zero-order chi connectivity index (χ0) is 24.7. The molecule has 0 saturated carbocycles. The molecule has 2 aromatic heterocycles. The molecule has 0 bridgehead atoms. The molecule has 1 fully saturated rings. The van der Waals surface area contributed by atoms with Crippen LogP contribution in [-0.4, -0.2) is 57.0 Å². The van der Waals surface area contributed by atoms with Gasteiger partial charge in [-0.2, -0.15) is 5.10 Å². The van der Waals surface area contributed by atoms with E-state index in [1.165, 1.54) is 0 Å². The van der Waals surface area contributed by atoms with Gasteiger partial charge in [-0.15, -0.1) is 0 Å². The maximum absolute atomic E-state index is 12.5. The summed E-state index contributed by atoms with van der Waals surface area (Å²) in [7, 11) is 0. The van der Waals surface area contributed by atoms with Crippen LogP contribution in [-0.2, 0) is 17.7 Å². The van der Waals surface area contributed by atoms with Gasteiger partial charge in [0.25, 0.3) is 0 Å². The van der Waals surface area contributed by atoms with Crippen molar-refractivity contribution >= 4 is 29.5 Å². The Morgan fingerprint density at radius 1 is 1.26 bits per heavy atom. The predicted octanol–water partition coefficient (Wildman–Crippen LogP) is 4.56. The summed E-state index contributed by atoms with van der Waals surface area (Å²) in [4.78, 5) is 30.7. The van der Waals surface area contributed by atoms with E-state index < -0.39 is 5.60 Å². The molecule has 0 aromatic carbocycles. The molecule has 1 atom stereocenters. The van der Waals surface area contributed by atoms with Gasteiger partial charge >= 0.3 is 12.1 Å². The first-order valence-corrected chi connectivity index (χ1v) is 12.0. The van der Waals surface area contributed by atoms with Crippen molar-refractivity contribution in [3.8, 4) is 11.1 Å². The predicted molar refractivity (Wildman–Crippen MR) is 131 cm³/mol. The van der Waals surface area contributed by atoms with Gasteiger partial charge in [-0.1, -0.05) is 25.4 Å². The fourth-order valence-electron chi connectivity index (χ4n) is 4.48. The molecule has 2 aliphatic heterocycles. The number of aromatic nitrogens is 3. The van der Waals surface area contributed by atoms with Crippen molar-refractivity contribution in [1.82, 2.24) is 25.0 Å². The topological polar surface area (TPSA) is 101 Å². The van der Waals surface area contributed by atoms with Crippen LogP contribution in [0, 0.1) is 11.3 Å². The van der Waals surface area contributed by atoms with Crippen LogP contribution >= 0.6 is 11.6 Å². The van der Waals surface area contributed by atoms with Gasteiger partial charge in [0.1, 0.15) is 11.4 Å².